The van der Waals surface area contributed by atoms with E-state index in [9.17, 15) is 4.39 Å². The summed E-state index contributed by atoms with van der Waals surface area (Å²) >= 11 is 1.72. The number of aromatic nitrogens is 2. The Balaban J connectivity index is 2.19. The Morgan fingerprint density at radius 3 is 2.56 bits per heavy atom. The molecule has 0 unspecified atom stereocenters. The van der Waals surface area contributed by atoms with Crippen LogP contribution in [0.4, 0.5) is 10.1 Å². The molecular formula is C19H22FN3OS. The zero-order chi connectivity index (χ0) is 18.4. The molecule has 0 bridgehead atoms. The standard InChI is InChI=1S/C19H22FN3OS/c1-11-6-12(7-13(21)18(11)20)14-9-22-17-8-15(24-5)16(10-23(14)17)25-19(2,3)4/h6-10H,21H2,1-5H3. The molecule has 3 aromatic rings. The molecular weight excluding hydrogens is 337 g/mol. The average molecular weight is 359 g/mol. The molecule has 0 saturated heterocycles. The SMILES string of the molecule is COc1cc2ncc(-c3cc(C)c(F)c(N)c3)n2cc1SC(C)(C)C. The molecule has 132 valence electrons. The van der Waals surface area contributed by atoms with E-state index in [0.29, 0.717) is 5.56 Å². The number of halogens is 1. The third-order valence-corrected chi connectivity index (χ3v) is 4.93. The number of nitrogens with zero attached hydrogens (tertiary/aromatic N) is 2. The number of anilines is 1. The van der Waals surface area contributed by atoms with Crippen molar-refractivity contribution in [1.29, 1.82) is 0 Å². The molecule has 0 aliphatic heterocycles. The van der Waals surface area contributed by atoms with Crippen LogP contribution in [-0.4, -0.2) is 21.2 Å². The van der Waals surface area contributed by atoms with Crippen molar-refractivity contribution in [3.63, 3.8) is 0 Å². The van der Waals surface area contributed by atoms with Crippen molar-refractivity contribution in [2.75, 3.05) is 12.8 Å². The molecule has 0 spiro atoms. The molecule has 0 atom stereocenters. The Labute approximate surface area is 151 Å². The molecule has 0 saturated carbocycles. The maximum atomic E-state index is 13.8. The highest BCUT2D eigenvalue weighted by Crippen LogP contribution is 2.39. The van der Waals surface area contributed by atoms with Gasteiger partial charge in [-0.2, -0.15) is 0 Å². The summed E-state index contributed by atoms with van der Waals surface area (Å²) in [5.74, 6) is 0.419. The van der Waals surface area contributed by atoms with Gasteiger partial charge in [0.1, 0.15) is 17.2 Å². The van der Waals surface area contributed by atoms with Gasteiger partial charge in [0.25, 0.3) is 0 Å². The number of nitrogens with two attached hydrogens (primary N) is 1. The van der Waals surface area contributed by atoms with Crippen molar-refractivity contribution in [3.8, 4) is 17.0 Å². The normalized spacial score (nSPS) is 11.9. The number of rotatable bonds is 3. The number of hydrogen-bond acceptors (Lipinski definition) is 4. The lowest BCUT2D eigenvalue weighted by Crippen LogP contribution is -2.07. The van der Waals surface area contributed by atoms with Crippen molar-refractivity contribution in [1.82, 2.24) is 9.38 Å². The van der Waals surface area contributed by atoms with Crippen LogP contribution < -0.4 is 10.5 Å². The number of nitrogen functional groups attached to an aromatic ring is 1. The van der Waals surface area contributed by atoms with E-state index < -0.39 is 0 Å². The van der Waals surface area contributed by atoms with Gasteiger partial charge in [-0.25, -0.2) is 9.37 Å². The van der Waals surface area contributed by atoms with Crippen molar-refractivity contribution < 1.29 is 9.13 Å². The van der Waals surface area contributed by atoms with Gasteiger partial charge >= 0.3 is 0 Å². The molecule has 2 N–H and O–H groups in total. The molecule has 25 heavy (non-hydrogen) atoms. The number of fused-ring (bicyclic) bond motifs is 1. The van der Waals surface area contributed by atoms with E-state index in [-0.39, 0.29) is 16.3 Å². The van der Waals surface area contributed by atoms with Crippen molar-refractivity contribution in [2.45, 2.75) is 37.3 Å². The van der Waals surface area contributed by atoms with Gasteiger partial charge in [0, 0.05) is 22.6 Å². The first-order valence-corrected chi connectivity index (χ1v) is 8.81. The fraction of sp³-hybridized carbons (Fsp3) is 0.316. The minimum atomic E-state index is -0.372. The Hall–Kier alpha value is -2.21. The molecule has 2 heterocycles. The minimum absolute atomic E-state index is 0.0403. The number of thioether (sulfide) groups is 1. The van der Waals surface area contributed by atoms with E-state index in [2.05, 4.69) is 25.8 Å². The van der Waals surface area contributed by atoms with Gasteiger partial charge in [-0.15, -0.1) is 11.8 Å². The molecule has 0 amide bonds. The number of ether oxygens (including phenoxy) is 1. The molecule has 0 fully saturated rings. The van der Waals surface area contributed by atoms with E-state index in [0.717, 1.165) is 27.5 Å². The Kier molecular flexibility index (Phi) is 4.41. The molecule has 2 aromatic heterocycles. The third kappa shape index (κ3) is 3.44. The van der Waals surface area contributed by atoms with Gasteiger partial charge in [0.05, 0.1) is 29.6 Å². The van der Waals surface area contributed by atoms with Crippen LogP contribution >= 0.6 is 11.8 Å². The Bertz CT molecular complexity index is 921. The lowest BCUT2D eigenvalue weighted by Gasteiger charge is -2.19. The number of benzene rings is 1. The predicted molar refractivity (Wildman–Crippen MR) is 102 cm³/mol. The zero-order valence-electron chi connectivity index (χ0n) is 15.1. The fourth-order valence-corrected chi connectivity index (χ4v) is 3.77. The maximum absolute atomic E-state index is 13.8. The first-order valence-electron chi connectivity index (χ1n) is 7.99. The van der Waals surface area contributed by atoms with E-state index >= 15 is 0 Å². The molecule has 1 aromatic carbocycles. The predicted octanol–water partition coefficient (Wildman–Crippen LogP) is 4.93. The van der Waals surface area contributed by atoms with E-state index in [4.69, 9.17) is 10.5 Å². The average Bonchev–Trinajstić information content (AvgIpc) is 2.92. The van der Waals surface area contributed by atoms with Gasteiger partial charge in [-0.05, 0) is 24.6 Å². The van der Waals surface area contributed by atoms with Crippen LogP contribution in [0.5, 0.6) is 5.75 Å². The second kappa shape index (κ2) is 6.26. The molecule has 6 heteroatoms. The Morgan fingerprint density at radius 2 is 1.96 bits per heavy atom. The summed E-state index contributed by atoms with van der Waals surface area (Å²) in [5, 5.41) is 0. The summed E-state index contributed by atoms with van der Waals surface area (Å²) in [7, 11) is 1.66. The molecule has 4 nitrogen and oxygen atoms in total. The van der Waals surface area contributed by atoms with Gasteiger partial charge < -0.3 is 10.5 Å². The van der Waals surface area contributed by atoms with Gasteiger partial charge in [-0.3, -0.25) is 4.40 Å². The molecule has 0 radical (unpaired) electrons. The zero-order valence-corrected chi connectivity index (χ0v) is 15.9. The summed E-state index contributed by atoms with van der Waals surface area (Å²) in [4.78, 5) is 5.48. The summed E-state index contributed by atoms with van der Waals surface area (Å²) in [6.45, 7) is 8.17. The molecule has 3 rings (SSSR count). The lowest BCUT2D eigenvalue weighted by atomic mass is 10.1. The quantitative estimate of drug-likeness (QED) is 0.532. The number of methoxy groups -OCH3 is 1. The van der Waals surface area contributed by atoms with E-state index in [1.165, 1.54) is 0 Å². The lowest BCUT2D eigenvalue weighted by molar-refractivity contribution is 0.404. The highest BCUT2D eigenvalue weighted by molar-refractivity contribution is 8.00. The van der Waals surface area contributed by atoms with Crippen LogP contribution in [0, 0.1) is 12.7 Å². The van der Waals surface area contributed by atoms with Crippen LogP contribution in [0.3, 0.4) is 0 Å². The monoisotopic (exact) mass is 359 g/mol. The highest BCUT2D eigenvalue weighted by Gasteiger charge is 2.18. The van der Waals surface area contributed by atoms with Gasteiger partial charge in [0.15, 0.2) is 0 Å². The summed E-state index contributed by atoms with van der Waals surface area (Å²) in [5.41, 5.74) is 8.93. The Morgan fingerprint density at radius 1 is 1.24 bits per heavy atom. The van der Waals surface area contributed by atoms with Gasteiger partial charge in [0.2, 0.25) is 0 Å². The van der Waals surface area contributed by atoms with Crippen molar-refractivity contribution in [3.05, 3.63) is 42.0 Å². The van der Waals surface area contributed by atoms with Crippen LogP contribution in [0.1, 0.15) is 26.3 Å². The number of pyridine rings is 1. The fourth-order valence-electron chi connectivity index (χ4n) is 2.71. The minimum Gasteiger partial charge on any atom is -0.495 e. The second-order valence-electron chi connectivity index (χ2n) is 6.99. The molecule has 0 aliphatic rings. The van der Waals surface area contributed by atoms with E-state index in [1.54, 1.807) is 44.1 Å². The summed E-state index contributed by atoms with van der Waals surface area (Å²) in [6.07, 6.45) is 3.79. The van der Waals surface area contributed by atoms with Crippen LogP contribution in [-0.2, 0) is 0 Å². The number of hydrogen-bond donors (Lipinski definition) is 1. The molecule has 0 aliphatic carbocycles. The third-order valence-electron chi connectivity index (χ3n) is 3.79. The largest absolute Gasteiger partial charge is 0.495 e. The smallest absolute Gasteiger partial charge is 0.149 e. The number of imidazole rings is 1. The first kappa shape index (κ1) is 17.6. The maximum Gasteiger partial charge on any atom is 0.149 e. The van der Waals surface area contributed by atoms with Crippen molar-refractivity contribution in [2.24, 2.45) is 0 Å². The van der Waals surface area contributed by atoms with Crippen LogP contribution in [0.2, 0.25) is 0 Å². The van der Waals surface area contributed by atoms with Crippen molar-refractivity contribution >= 4 is 23.1 Å². The second-order valence-corrected chi connectivity index (χ2v) is 8.86. The first-order chi connectivity index (χ1) is 11.7. The summed E-state index contributed by atoms with van der Waals surface area (Å²) in [6, 6.07) is 5.35. The van der Waals surface area contributed by atoms with Crippen LogP contribution in [0.15, 0.2) is 35.5 Å². The summed E-state index contributed by atoms with van der Waals surface area (Å²) < 4.78 is 21.4. The van der Waals surface area contributed by atoms with Crippen LogP contribution in [0.25, 0.3) is 16.9 Å². The van der Waals surface area contributed by atoms with Gasteiger partial charge in [-0.1, -0.05) is 20.8 Å². The highest BCUT2D eigenvalue weighted by atomic mass is 32.2. The van der Waals surface area contributed by atoms with E-state index in [1.807, 2.05) is 16.7 Å². The topological polar surface area (TPSA) is 52.5 Å². The number of aryl methyl sites for hydroxylation is 1.